The van der Waals surface area contributed by atoms with Crippen molar-refractivity contribution in [2.24, 2.45) is 0 Å². The molecule has 0 saturated heterocycles. The molecule has 0 unspecified atom stereocenters. The summed E-state index contributed by atoms with van der Waals surface area (Å²) in [5, 5.41) is 1.93. The summed E-state index contributed by atoms with van der Waals surface area (Å²) in [7, 11) is 0. The molecule has 0 aliphatic heterocycles. The highest BCUT2D eigenvalue weighted by Gasteiger charge is 2.06. The summed E-state index contributed by atoms with van der Waals surface area (Å²) in [5.41, 5.74) is 0.122. The molecule has 1 N–H and O–H groups in total. The van der Waals surface area contributed by atoms with Crippen LogP contribution in [0.2, 0.25) is 5.15 Å². The Labute approximate surface area is 115 Å². The number of nitrogens with one attached hydrogen (secondary N) is 1. The topological polar surface area (TPSA) is 80.6 Å². The number of rotatable bonds is 2. The molecule has 3 rings (SSSR count). The molecule has 3 heterocycles. The first-order valence-electron chi connectivity index (χ1n) is 5.32. The molecule has 0 aromatic carbocycles. The number of halogens is 1. The van der Waals surface area contributed by atoms with Crippen LogP contribution in [0.4, 0.5) is 0 Å². The Morgan fingerprint density at radius 3 is 3.05 bits per heavy atom. The summed E-state index contributed by atoms with van der Waals surface area (Å²) in [6.07, 6.45) is 1.32. The Balaban J connectivity index is 2.05. The van der Waals surface area contributed by atoms with E-state index < -0.39 is 0 Å². The standard InChI is InChI=1S/C11H7ClN4O2S/c12-7-3-9(17)16(5-13-7)4-8-14-6-1-2-19-10(6)11(18)15-8/h1-3,5H,4H2,(H,14,15,18). The molecule has 0 spiro atoms. The SMILES string of the molecule is O=c1[nH]c(Cn2cnc(Cl)cc2=O)nc2ccsc12. The molecule has 0 amide bonds. The Hall–Kier alpha value is -1.99. The van der Waals surface area contributed by atoms with Crippen molar-refractivity contribution >= 4 is 33.2 Å². The molecule has 96 valence electrons. The van der Waals surface area contributed by atoms with E-state index in [0.29, 0.717) is 16.0 Å². The van der Waals surface area contributed by atoms with Crippen LogP contribution < -0.4 is 11.1 Å². The average Bonchev–Trinajstić information content (AvgIpc) is 2.81. The summed E-state index contributed by atoms with van der Waals surface area (Å²) in [5.74, 6) is 0.405. The minimum absolute atomic E-state index is 0.135. The molecular formula is C11H7ClN4O2S. The van der Waals surface area contributed by atoms with Gasteiger partial charge < -0.3 is 4.98 Å². The molecule has 0 saturated carbocycles. The normalized spacial score (nSPS) is 11.0. The van der Waals surface area contributed by atoms with Crippen molar-refractivity contribution in [2.45, 2.75) is 6.54 Å². The lowest BCUT2D eigenvalue weighted by atomic mass is 10.4. The second-order valence-electron chi connectivity index (χ2n) is 3.83. The monoisotopic (exact) mass is 294 g/mol. The second-order valence-corrected chi connectivity index (χ2v) is 5.13. The van der Waals surface area contributed by atoms with E-state index in [1.54, 1.807) is 11.4 Å². The van der Waals surface area contributed by atoms with Gasteiger partial charge in [-0.3, -0.25) is 14.2 Å². The van der Waals surface area contributed by atoms with Crippen LogP contribution in [0.3, 0.4) is 0 Å². The van der Waals surface area contributed by atoms with Crippen molar-refractivity contribution in [3.63, 3.8) is 0 Å². The molecule has 0 bridgehead atoms. The van der Waals surface area contributed by atoms with Gasteiger partial charge in [0.2, 0.25) is 0 Å². The van der Waals surface area contributed by atoms with Crippen molar-refractivity contribution in [2.75, 3.05) is 0 Å². The summed E-state index contributed by atoms with van der Waals surface area (Å²) in [6, 6.07) is 2.98. The first kappa shape index (κ1) is 12.1. The fourth-order valence-corrected chi connectivity index (χ4v) is 2.54. The summed E-state index contributed by atoms with van der Waals surface area (Å²) < 4.78 is 1.90. The number of hydrogen-bond acceptors (Lipinski definition) is 5. The molecule has 3 aromatic heterocycles. The van der Waals surface area contributed by atoms with Crippen LogP contribution in [0.5, 0.6) is 0 Å². The molecule has 0 aliphatic carbocycles. The molecule has 3 aromatic rings. The number of aromatic nitrogens is 4. The Bertz CT molecular complexity index is 867. The van der Waals surface area contributed by atoms with E-state index >= 15 is 0 Å². The van der Waals surface area contributed by atoms with E-state index in [1.807, 2.05) is 0 Å². The lowest BCUT2D eigenvalue weighted by Crippen LogP contribution is -2.22. The fourth-order valence-electron chi connectivity index (χ4n) is 1.68. The van der Waals surface area contributed by atoms with Gasteiger partial charge in [-0.25, -0.2) is 9.97 Å². The van der Waals surface area contributed by atoms with Gasteiger partial charge in [-0.2, -0.15) is 0 Å². The largest absolute Gasteiger partial charge is 0.308 e. The predicted molar refractivity (Wildman–Crippen MR) is 72.8 cm³/mol. The minimum atomic E-state index is -0.298. The Morgan fingerprint density at radius 2 is 2.26 bits per heavy atom. The van der Waals surface area contributed by atoms with E-state index in [-0.39, 0.29) is 22.8 Å². The Kier molecular flexibility index (Phi) is 2.92. The maximum absolute atomic E-state index is 11.8. The average molecular weight is 295 g/mol. The Morgan fingerprint density at radius 1 is 1.42 bits per heavy atom. The lowest BCUT2D eigenvalue weighted by molar-refractivity contribution is 0.698. The highest BCUT2D eigenvalue weighted by molar-refractivity contribution is 7.17. The molecule has 8 heteroatoms. The van der Waals surface area contributed by atoms with Crippen LogP contribution in [0.25, 0.3) is 10.2 Å². The third-order valence-electron chi connectivity index (χ3n) is 2.53. The minimum Gasteiger partial charge on any atom is -0.308 e. The van der Waals surface area contributed by atoms with Gasteiger partial charge in [0, 0.05) is 6.07 Å². The maximum Gasteiger partial charge on any atom is 0.268 e. The fraction of sp³-hybridized carbons (Fsp3) is 0.0909. The van der Waals surface area contributed by atoms with Gasteiger partial charge in [-0.1, -0.05) is 11.6 Å². The summed E-state index contributed by atoms with van der Waals surface area (Å²) in [6.45, 7) is 0.143. The van der Waals surface area contributed by atoms with E-state index in [2.05, 4.69) is 15.0 Å². The van der Waals surface area contributed by atoms with Crippen molar-refractivity contribution in [1.29, 1.82) is 0 Å². The maximum atomic E-state index is 11.8. The summed E-state index contributed by atoms with van der Waals surface area (Å²) in [4.78, 5) is 34.2. The zero-order valence-corrected chi connectivity index (χ0v) is 11.0. The van der Waals surface area contributed by atoms with E-state index in [0.717, 1.165) is 0 Å². The molecule has 19 heavy (non-hydrogen) atoms. The van der Waals surface area contributed by atoms with Crippen molar-refractivity contribution in [3.05, 3.63) is 55.5 Å². The van der Waals surface area contributed by atoms with Gasteiger partial charge >= 0.3 is 0 Å². The molecule has 0 aliphatic rings. The number of hydrogen-bond donors (Lipinski definition) is 1. The first-order chi connectivity index (χ1) is 9.13. The zero-order chi connectivity index (χ0) is 13.4. The van der Waals surface area contributed by atoms with Crippen LogP contribution in [0.15, 0.2) is 33.4 Å². The van der Waals surface area contributed by atoms with Crippen LogP contribution in [0.1, 0.15) is 5.82 Å². The molecule has 0 fully saturated rings. The van der Waals surface area contributed by atoms with Gasteiger partial charge in [-0.05, 0) is 11.4 Å². The van der Waals surface area contributed by atoms with Gasteiger partial charge in [0.15, 0.2) is 0 Å². The third-order valence-corrected chi connectivity index (χ3v) is 3.64. The molecule has 6 nitrogen and oxygen atoms in total. The highest BCUT2D eigenvalue weighted by atomic mass is 35.5. The van der Waals surface area contributed by atoms with Crippen LogP contribution in [-0.4, -0.2) is 19.5 Å². The first-order valence-corrected chi connectivity index (χ1v) is 6.57. The van der Waals surface area contributed by atoms with Gasteiger partial charge in [0.1, 0.15) is 15.7 Å². The zero-order valence-electron chi connectivity index (χ0n) is 9.46. The molecule has 0 atom stereocenters. The van der Waals surface area contributed by atoms with Crippen LogP contribution in [-0.2, 0) is 6.54 Å². The van der Waals surface area contributed by atoms with E-state index in [9.17, 15) is 9.59 Å². The number of thiophene rings is 1. The number of fused-ring (bicyclic) bond motifs is 1. The predicted octanol–water partition coefficient (Wildman–Crippen LogP) is 1.24. The van der Waals surface area contributed by atoms with Crippen molar-refractivity contribution in [1.82, 2.24) is 19.5 Å². The number of aromatic amines is 1. The van der Waals surface area contributed by atoms with Crippen LogP contribution >= 0.6 is 22.9 Å². The smallest absolute Gasteiger partial charge is 0.268 e. The van der Waals surface area contributed by atoms with E-state index in [4.69, 9.17) is 11.6 Å². The van der Waals surface area contributed by atoms with Gasteiger partial charge in [0.25, 0.3) is 11.1 Å². The van der Waals surface area contributed by atoms with Crippen molar-refractivity contribution < 1.29 is 0 Å². The quantitative estimate of drug-likeness (QED) is 0.721. The second kappa shape index (κ2) is 4.60. The molecular weight excluding hydrogens is 288 g/mol. The van der Waals surface area contributed by atoms with E-state index in [1.165, 1.54) is 28.3 Å². The number of H-pyrrole nitrogens is 1. The third kappa shape index (κ3) is 2.29. The van der Waals surface area contributed by atoms with Gasteiger partial charge in [0.05, 0.1) is 18.4 Å². The van der Waals surface area contributed by atoms with Crippen LogP contribution in [0, 0.1) is 0 Å². The van der Waals surface area contributed by atoms with Gasteiger partial charge in [-0.15, -0.1) is 11.3 Å². The summed E-state index contributed by atoms with van der Waals surface area (Å²) >= 11 is 6.94. The highest BCUT2D eigenvalue weighted by Crippen LogP contribution is 2.13. The molecule has 0 radical (unpaired) electrons. The lowest BCUT2D eigenvalue weighted by Gasteiger charge is -2.04. The van der Waals surface area contributed by atoms with Crippen molar-refractivity contribution in [3.8, 4) is 0 Å². The number of nitrogens with zero attached hydrogens (tertiary/aromatic N) is 3.